The van der Waals surface area contributed by atoms with Crippen LogP contribution in [0.4, 0.5) is 10.1 Å². The van der Waals surface area contributed by atoms with Crippen LogP contribution in [-0.2, 0) is 24.3 Å². The van der Waals surface area contributed by atoms with Crippen LogP contribution in [0, 0.1) is 19.7 Å². The minimum Gasteiger partial charge on any atom is -0.322 e. The minimum atomic E-state index is -0.462. The SMILES string of the molecule is Cc1sc2ncn(CC(=O)Nc3ccc4c(c3F)CCNC4)c(=O)c2c1C. The van der Waals surface area contributed by atoms with Gasteiger partial charge in [-0.1, -0.05) is 6.07 Å². The molecule has 2 N–H and O–H groups in total. The highest BCUT2D eigenvalue weighted by Gasteiger charge is 2.18. The Balaban J connectivity index is 1.59. The predicted octanol–water partition coefficient (Wildman–Crippen LogP) is 2.50. The first-order valence-corrected chi connectivity index (χ1v) is 9.53. The number of hydrogen-bond donors (Lipinski definition) is 2. The molecule has 1 amide bonds. The number of aromatic nitrogens is 2. The molecule has 8 heteroatoms. The highest BCUT2D eigenvalue weighted by molar-refractivity contribution is 7.18. The first-order chi connectivity index (χ1) is 13.0. The van der Waals surface area contributed by atoms with Crippen molar-refractivity contribution in [3.8, 4) is 0 Å². The summed E-state index contributed by atoms with van der Waals surface area (Å²) in [5, 5.41) is 6.32. The second kappa shape index (κ2) is 6.86. The Labute approximate surface area is 159 Å². The number of nitrogens with one attached hydrogen (secondary N) is 2. The molecule has 0 fully saturated rings. The standard InChI is InChI=1S/C19H19FN4O2S/c1-10-11(2)27-18-16(10)19(26)24(9-22-18)8-15(25)23-14-4-3-12-7-21-6-5-13(12)17(14)20/h3-4,9,21H,5-8H2,1-2H3,(H,23,25). The molecule has 0 radical (unpaired) electrons. The number of aryl methyl sites for hydroxylation is 2. The van der Waals surface area contributed by atoms with Gasteiger partial charge in [-0.2, -0.15) is 0 Å². The summed E-state index contributed by atoms with van der Waals surface area (Å²) in [7, 11) is 0. The fraction of sp³-hybridized carbons (Fsp3) is 0.316. The normalized spacial score (nSPS) is 13.6. The molecule has 4 rings (SSSR count). The van der Waals surface area contributed by atoms with Gasteiger partial charge in [0.2, 0.25) is 5.91 Å². The smallest absolute Gasteiger partial charge is 0.262 e. The molecule has 0 bridgehead atoms. The third-order valence-corrected chi connectivity index (χ3v) is 6.07. The van der Waals surface area contributed by atoms with Crippen molar-refractivity contribution in [2.45, 2.75) is 33.4 Å². The van der Waals surface area contributed by atoms with Crippen LogP contribution in [-0.4, -0.2) is 22.0 Å². The van der Waals surface area contributed by atoms with Crippen LogP contribution in [0.25, 0.3) is 10.2 Å². The Kier molecular flexibility index (Phi) is 4.53. The topological polar surface area (TPSA) is 76.0 Å². The average Bonchev–Trinajstić information content (AvgIpc) is 2.95. The lowest BCUT2D eigenvalue weighted by molar-refractivity contribution is -0.116. The van der Waals surface area contributed by atoms with Crippen molar-refractivity contribution in [2.75, 3.05) is 11.9 Å². The van der Waals surface area contributed by atoms with Crippen LogP contribution in [0.2, 0.25) is 0 Å². The molecule has 1 aliphatic heterocycles. The molecule has 2 aromatic heterocycles. The Hall–Kier alpha value is -2.58. The number of halogens is 1. The van der Waals surface area contributed by atoms with E-state index in [0.717, 1.165) is 16.0 Å². The van der Waals surface area contributed by atoms with E-state index in [1.54, 1.807) is 6.07 Å². The lowest BCUT2D eigenvalue weighted by Crippen LogP contribution is -2.29. The second-order valence-corrected chi connectivity index (χ2v) is 7.88. The maximum atomic E-state index is 14.7. The van der Waals surface area contributed by atoms with Gasteiger partial charge in [0, 0.05) is 11.4 Å². The second-order valence-electron chi connectivity index (χ2n) is 6.68. The first kappa shape index (κ1) is 17.8. The van der Waals surface area contributed by atoms with Crippen LogP contribution in [0.5, 0.6) is 0 Å². The van der Waals surface area contributed by atoms with E-state index in [9.17, 15) is 14.0 Å². The van der Waals surface area contributed by atoms with Gasteiger partial charge >= 0.3 is 0 Å². The number of thiophene rings is 1. The van der Waals surface area contributed by atoms with Crippen LogP contribution in [0.1, 0.15) is 21.6 Å². The summed E-state index contributed by atoms with van der Waals surface area (Å²) in [5.41, 5.74) is 2.32. The fourth-order valence-corrected chi connectivity index (χ4v) is 4.34. The number of carbonyl (C=O) groups excluding carboxylic acids is 1. The van der Waals surface area contributed by atoms with Crippen molar-refractivity contribution in [3.63, 3.8) is 0 Å². The summed E-state index contributed by atoms with van der Waals surface area (Å²) in [4.78, 5) is 31.1. The molecular weight excluding hydrogens is 367 g/mol. The minimum absolute atomic E-state index is 0.144. The van der Waals surface area contributed by atoms with E-state index in [0.29, 0.717) is 35.3 Å². The molecule has 1 aromatic carbocycles. The van der Waals surface area contributed by atoms with Gasteiger partial charge in [-0.3, -0.25) is 14.2 Å². The number of anilines is 1. The highest BCUT2D eigenvalue weighted by atomic mass is 32.1. The zero-order valence-electron chi connectivity index (χ0n) is 15.1. The van der Waals surface area contributed by atoms with Crippen molar-refractivity contribution >= 4 is 33.1 Å². The Morgan fingerprint density at radius 3 is 3.04 bits per heavy atom. The molecule has 1 aliphatic rings. The number of hydrogen-bond acceptors (Lipinski definition) is 5. The molecule has 6 nitrogen and oxygen atoms in total. The molecule has 0 atom stereocenters. The highest BCUT2D eigenvalue weighted by Crippen LogP contribution is 2.26. The number of fused-ring (bicyclic) bond motifs is 2. The summed E-state index contributed by atoms with van der Waals surface area (Å²) >= 11 is 1.46. The summed E-state index contributed by atoms with van der Waals surface area (Å²) < 4.78 is 15.9. The summed E-state index contributed by atoms with van der Waals surface area (Å²) in [5.74, 6) is -0.858. The van der Waals surface area contributed by atoms with Crippen LogP contribution >= 0.6 is 11.3 Å². The van der Waals surface area contributed by atoms with Gasteiger partial charge in [0.05, 0.1) is 17.4 Å². The molecule has 0 spiro atoms. The van der Waals surface area contributed by atoms with Crippen molar-refractivity contribution in [2.24, 2.45) is 0 Å². The average molecular weight is 386 g/mol. The van der Waals surface area contributed by atoms with Gasteiger partial charge in [0.1, 0.15) is 17.2 Å². The zero-order chi connectivity index (χ0) is 19.1. The molecule has 0 saturated carbocycles. The molecule has 0 saturated heterocycles. The molecule has 3 heterocycles. The summed E-state index contributed by atoms with van der Waals surface area (Å²) in [6.07, 6.45) is 1.95. The van der Waals surface area contributed by atoms with E-state index in [-0.39, 0.29) is 17.8 Å². The Morgan fingerprint density at radius 1 is 1.41 bits per heavy atom. The predicted molar refractivity (Wildman–Crippen MR) is 104 cm³/mol. The van der Waals surface area contributed by atoms with Gasteiger partial charge in [0.15, 0.2) is 0 Å². The van der Waals surface area contributed by atoms with Crippen molar-refractivity contribution in [3.05, 3.63) is 56.2 Å². The number of nitrogens with zero attached hydrogens (tertiary/aromatic N) is 2. The molecule has 3 aromatic rings. The number of benzene rings is 1. The molecule has 0 aliphatic carbocycles. The fourth-order valence-electron chi connectivity index (χ4n) is 3.36. The van der Waals surface area contributed by atoms with Crippen LogP contribution in [0.3, 0.4) is 0 Å². The zero-order valence-corrected chi connectivity index (χ0v) is 15.9. The summed E-state index contributed by atoms with van der Waals surface area (Å²) in [6.45, 7) is 4.93. The van der Waals surface area contributed by atoms with E-state index >= 15 is 0 Å². The Bertz CT molecular complexity index is 1120. The van der Waals surface area contributed by atoms with Gasteiger partial charge in [-0.25, -0.2) is 9.37 Å². The van der Waals surface area contributed by atoms with Gasteiger partial charge in [0.25, 0.3) is 5.56 Å². The van der Waals surface area contributed by atoms with Crippen molar-refractivity contribution in [1.82, 2.24) is 14.9 Å². The van der Waals surface area contributed by atoms with E-state index in [4.69, 9.17) is 0 Å². The van der Waals surface area contributed by atoms with Crippen LogP contribution < -0.4 is 16.2 Å². The third-order valence-electron chi connectivity index (χ3n) is 4.95. The van der Waals surface area contributed by atoms with Crippen molar-refractivity contribution < 1.29 is 9.18 Å². The maximum absolute atomic E-state index is 14.7. The number of carbonyl (C=O) groups is 1. The lowest BCUT2D eigenvalue weighted by atomic mass is 9.99. The van der Waals surface area contributed by atoms with Crippen molar-refractivity contribution in [1.29, 1.82) is 0 Å². The van der Waals surface area contributed by atoms with E-state index in [1.807, 2.05) is 19.9 Å². The van der Waals surface area contributed by atoms with Gasteiger partial charge < -0.3 is 10.6 Å². The van der Waals surface area contributed by atoms with Gasteiger partial charge in [-0.15, -0.1) is 11.3 Å². The molecule has 140 valence electrons. The molecule has 0 unspecified atom stereocenters. The third kappa shape index (κ3) is 3.15. The number of rotatable bonds is 3. The number of amides is 1. The quantitative estimate of drug-likeness (QED) is 0.725. The van der Waals surface area contributed by atoms with Crippen LogP contribution in [0.15, 0.2) is 23.3 Å². The summed E-state index contributed by atoms with van der Waals surface area (Å²) in [6, 6.07) is 3.38. The Morgan fingerprint density at radius 2 is 2.22 bits per heavy atom. The molecule has 27 heavy (non-hydrogen) atoms. The lowest BCUT2D eigenvalue weighted by Gasteiger charge is -2.19. The van der Waals surface area contributed by atoms with E-state index in [1.165, 1.54) is 22.2 Å². The van der Waals surface area contributed by atoms with Gasteiger partial charge in [-0.05, 0) is 49.6 Å². The molecular formula is C19H19FN4O2S. The maximum Gasteiger partial charge on any atom is 0.262 e. The van der Waals surface area contributed by atoms with E-state index < -0.39 is 11.7 Å². The van der Waals surface area contributed by atoms with E-state index in [2.05, 4.69) is 15.6 Å². The first-order valence-electron chi connectivity index (χ1n) is 8.71. The largest absolute Gasteiger partial charge is 0.322 e. The monoisotopic (exact) mass is 386 g/mol.